The lowest BCUT2D eigenvalue weighted by molar-refractivity contribution is -0.151. The van der Waals surface area contributed by atoms with E-state index in [1.165, 1.54) is 18.9 Å². The molecule has 0 bridgehead atoms. The minimum absolute atomic E-state index is 0.318. The first-order valence-electron chi connectivity index (χ1n) is 6.99. The van der Waals surface area contributed by atoms with E-state index in [-0.39, 0.29) is 5.91 Å². The van der Waals surface area contributed by atoms with E-state index < -0.39 is 23.8 Å². The molecule has 0 saturated carbocycles. The zero-order valence-electron chi connectivity index (χ0n) is 12.6. The van der Waals surface area contributed by atoms with E-state index in [1.54, 1.807) is 18.2 Å². The minimum Gasteiger partial charge on any atom is -0.480 e. The van der Waals surface area contributed by atoms with Gasteiger partial charge in [-0.1, -0.05) is 23.2 Å². The van der Waals surface area contributed by atoms with Crippen molar-refractivity contribution in [3.05, 3.63) is 28.2 Å². The fourth-order valence-corrected chi connectivity index (χ4v) is 2.98. The molecule has 0 aliphatic carbocycles. The molecule has 0 aromatic heterocycles. The van der Waals surface area contributed by atoms with Crippen molar-refractivity contribution in [3.8, 4) is 0 Å². The van der Waals surface area contributed by atoms with E-state index >= 15 is 0 Å². The number of anilines is 1. The fraction of sp³-hybridized carbons (Fsp3) is 0.400. The van der Waals surface area contributed by atoms with Gasteiger partial charge in [0, 0.05) is 29.3 Å². The van der Waals surface area contributed by atoms with Gasteiger partial charge in [0.2, 0.25) is 11.8 Å². The molecule has 6 nitrogen and oxygen atoms in total. The van der Waals surface area contributed by atoms with Gasteiger partial charge in [-0.2, -0.15) is 0 Å². The fourth-order valence-electron chi connectivity index (χ4n) is 2.46. The van der Waals surface area contributed by atoms with Gasteiger partial charge in [-0.25, -0.2) is 4.79 Å². The predicted octanol–water partition coefficient (Wildman–Crippen LogP) is 2.28. The summed E-state index contributed by atoms with van der Waals surface area (Å²) in [6.07, 6.45) is 0.318. The first-order chi connectivity index (χ1) is 10.7. The molecular formula is C15H16Cl2N2O4. The molecule has 0 unspecified atom stereocenters. The van der Waals surface area contributed by atoms with Gasteiger partial charge in [-0.3, -0.25) is 9.59 Å². The van der Waals surface area contributed by atoms with Crippen molar-refractivity contribution in [2.24, 2.45) is 5.92 Å². The maximum Gasteiger partial charge on any atom is 0.326 e. The minimum atomic E-state index is -1.12. The number of carbonyl (C=O) groups excluding carboxylic acids is 2. The summed E-state index contributed by atoms with van der Waals surface area (Å²) in [6, 6.07) is 3.76. The molecule has 2 atom stereocenters. The Bertz CT molecular complexity index is 645. The molecule has 1 heterocycles. The normalized spacial score (nSPS) is 18.9. The molecule has 2 rings (SSSR count). The van der Waals surface area contributed by atoms with Crippen LogP contribution >= 0.6 is 23.2 Å². The summed E-state index contributed by atoms with van der Waals surface area (Å²) in [5, 5.41) is 9.77. The number of nitrogens with zero attached hydrogens (tertiary/aromatic N) is 2. The van der Waals surface area contributed by atoms with Gasteiger partial charge >= 0.3 is 5.97 Å². The molecule has 1 saturated heterocycles. The number of amides is 2. The van der Waals surface area contributed by atoms with E-state index in [9.17, 15) is 14.4 Å². The van der Waals surface area contributed by atoms with Gasteiger partial charge in [-0.15, -0.1) is 0 Å². The van der Waals surface area contributed by atoms with Crippen LogP contribution in [0.5, 0.6) is 0 Å². The van der Waals surface area contributed by atoms with E-state index in [1.807, 2.05) is 0 Å². The molecule has 23 heavy (non-hydrogen) atoms. The number of rotatable bonds is 4. The lowest BCUT2D eigenvalue weighted by Gasteiger charge is -2.24. The van der Waals surface area contributed by atoms with Crippen LogP contribution in [0.4, 0.5) is 5.69 Å². The molecule has 1 fully saturated rings. The number of likely N-dealkylation sites (N-methyl/N-ethyl adjacent to an activating group) is 1. The summed E-state index contributed by atoms with van der Waals surface area (Å²) in [5.41, 5.74) is 0.525. The number of carboxylic acid groups (broad SMARTS) is 1. The molecule has 1 N–H and O–H groups in total. The summed E-state index contributed by atoms with van der Waals surface area (Å²) in [5.74, 6) is -2.89. The third-order valence-corrected chi connectivity index (χ3v) is 4.38. The second-order valence-corrected chi connectivity index (χ2v) is 6.30. The standard InChI is InChI=1S/C15H16Cl2N2O4/c1-8(15(22)23)18(2)13(20)12-3-4-19(14(12)21)11-6-9(16)5-10(17)7-11/h5-8,12H,3-4H2,1-2H3,(H,22,23)/t8-,12+/m0/s1. The molecule has 1 aromatic rings. The van der Waals surface area contributed by atoms with Crippen LogP contribution in [0, 0.1) is 5.92 Å². The summed E-state index contributed by atoms with van der Waals surface area (Å²) in [6.45, 7) is 1.75. The van der Waals surface area contributed by atoms with Crippen LogP contribution in [-0.4, -0.2) is 47.4 Å². The highest BCUT2D eigenvalue weighted by Crippen LogP contribution is 2.31. The molecule has 2 amide bonds. The summed E-state index contributed by atoms with van der Waals surface area (Å²) >= 11 is 11.9. The molecule has 0 radical (unpaired) electrons. The Morgan fingerprint density at radius 1 is 1.30 bits per heavy atom. The number of hydrogen-bond acceptors (Lipinski definition) is 3. The summed E-state index contributed by atoms with van der Waals surface area (Å²) in [4.78, 5) is 38.4. The quantitative estimate of drug-likeness (QED) is 0.837. The second kappa shape index (κ2) is 6.76. The van der Waals surface area contributed by atoms with Crippen molar-refractivity contribution in [1.29, 1.82) is 0 Å². The van der Waals surface area contributed by atoms with Crippen LogP contribution in [0.3, 0.4) is 0 Å². The monoisotopic (exact) mass is 358 g/mol. The molecule has 8 heteroatoms. The number of carboxylic acids is 1. The van der Waals surface area contributed by atoms with E-state index in [0.717, 1.165) is 4.90 Å². The molecule has 0 spiro atoms. The van der Waals surface area contributed by atoms with E-state index in [4.69, 9.17) is 28.3 Å². The van der Waals surface area contributed by atoms with Crippen molar-refractivity contribution in [1.82, 2.24) is 4.90 Å². The largest absolute Gasteiger partial charge is 0.480 e. The SMILES string of the molecule is C[C@@H](C(=O)O)N(C)C(=O)[C@H]1CCN(c2cc(Cl)cc(Cl)c2)C1=O. The van der Waals surface area contributed by atoms with E-state index in [2.05, 4.69) is 0 Å². The number of benzene rings is 1. The maximum atomic E-state index is 12.5. The Morgan fingerprint density at radius 3 is 2.39 bits per heavy atom. The average Bonchev–Trinajstić information content (AvgIpc) is 2.85. The maximum absolute atomic E-state index is 12.5. The van der Waals surface area contributed by atoms with Crippen LogP contribution in [0.1, 0.15) is 13.3 Å². The molecular weight excluding hydrogens is 343 g/mol. The Labute approximate surface area is 143 Å². The van der Waals surface area contributed by atoms with Gasteiger partial charge < -0.3 is 14.9 Å². The lowest BCUT2D eigenvalue weighted by atomic mass is 10.1. The molecule has 1 aromatic carbocycles. The van der Waals surface area contributed by atoms with Gasteiger partial charge in [0.15, 0.2) is 0 Å². The third kappa shape index (κ3) is 3.59. The van der Waals surface area contributed by atoms with Crippen LogP contribution in [-0.2, 0) is 14.4 Å². The van der Waals surface area contributed by atoms with Crippen LogP contribution in [0.25, 0.3) is 0 Å². The predicted molar refractivity (Wildman–Crippen MR) is 86.8 cm³/mol. The summed E-state index contributed by atoms with van der Waals surface area (Å²) < 4.78 is 0. The first kappa shape index (κ1) is 17.6. The molecule has 1 aliphatic heterocycles. The highest BCUT2D eigenvalue weighted by atomic mass is 35.5. The smallest absolute Gasteiger partial charge is 0.326 e. The zero-order valence-corrected chi connectivity index (χ0v) is 14.1. The van der Waals surface area contributed by atoms with Crippen molar-refractivity contribution in [2.45, 2.75) is 19.4 Å². The van der Waals surface area contributed by atoms with Crippen LogP contribution in [0.15, 0.2) is 18.2 Å². The lowest BCUT2D eigenvalue weighted by Crippen LogP contribution is -2.45. The second-order valence-electron chi connectivity index (χ2n) is 5.42. The highest BCUT2D eigenvalue weighted by Gasteiger charge is 2.40. The Kier molecular flexibility index (Phi) is 5.16. The van der Waals surface area contributed by atoms with Crippen LogP contribution in [0.2, 0.25) is 10.0 Å². The number of aliphatic carboxylic acids is 1. The topological polar surface area (TPSA) is 77.9 Å². The van der Waals surface area contributed by atoms with Crippen molar-refractivity contribution in [2.75, 3.05) is 18.5 Å². The van der Waals surface area contributed by atoms with Gasteiger partial charge in [0.1, 0.15) is 12.0 Å². The van der Waals surface area contributed by atoms with Crippen molar-refractivity contribution >= 4 is 46.7 Å². The molecule has 1 aliphatic rings. The number of hydrogen-bond donors (Lipinski definition) is 1. The van der Waals surface area contributed by atoms with Gasteiger partial charge in [0.05, 0.1) is 0 Å². The zero-order chi connectivity index (χ0) is 17.3. The highest BCUT2D eigenvalue weighted by molar-refractivity contribution is 6.35. The Hall–Kier alpha value is -1.79. The first-order valence-corrected chi connectivity index (χ1v) is 7.75. The third-order valence-electron chi connectivity index (χ3n) is 3.95. The summed E-state index contributed by atoms with van der Waals surface area (Å²) in [7, 11) is 1.38. The van der Waals surface area contributed by atoms with E-state index in [0.29, 0.717) is 28.7 Å². The van der Waals surface area contributed by atoms with Crippen molar-refractivity contribution in [3.63, 3.8) is 0 Å². The van der Waals surface area contributed by atoms with Crippen LogP contribution < -0.4 is 4.90 Å². The Balaban J connectivity index is 2.18. The van der Waals surface area contributed by atoms with Gasteiger partial charge in [0.25, 0.3) is 0 Å². The number of halogens is 2. The van der Waals surface area contributed by atoms with Gasteiger partial charge in [-0.05, 0) is 31.5 Å². The van der Waals surface area contributed by atoms with Crippen molar-refractivity contribution < 1.29 is 19.5 Å². The molecule has 124 valence electrons. The number of carbonyl (C=O) groups is 3. The average molecular weight is 359 g/mol. The Morgan fingerprint density at radius 2 is 1.87 bits per heavy atom.